The van der Waals surface area contributed by atoms with Gasteiger partial charge in [-0.3, -0.25) is 0 Å². The van der Waals surface area contributed by atoms with Crippen LogP contribution in [0.3, 0.4) is 0 Å². The van der Waals surface area contributed by atoms with Crippen LogP contribution in [-0.2, 0) is 6.54 Å². The Balaban J connectivity index is 2.07. The predicted molar refractivity (Wildman–Crippen MR) is 75.8 cm³/mol. The molecule has 0 aliphatic heterocycles. The van der Waals surface area contributed by atoms with Crippen molar-refractivity contribution in [3.8, 4) is 6.07 Å². The highest BCUT2D eigenvalue weighted by Gasteiger charge is 2.13. The van der Waals surface area contributed by atoms with Gasteiger partial charge in [0.05, 0.1) is 10.7 Å². The smallest absolute Gasteiger partial charge is 0.144 e. The van der Waals surface area contributed by atoms with Crippen LogP contribution in [-0.4, -0.2) is 9.97 Å². The van der Waals surface area contributed by atoms with Gasteiger partial charge in [0.25, 0.3) is 0 Å². The quantitative estimate of drug-likeness (QED) is 0.929. The number of nitrogens with one attached hydrogen (secondary N) is 1. The van der Waals surface area contributed by atoms with Gasteiger partial charge in [-0.2, -0.15) is 5.26 Å². The van der Waals surface area contributed by atoms with Crippen LogP contribution in [0.15, 0.2) is 18.3 Å². The second-order valence-corrected chi connectivity index (χ2v) is 5.64. The zero-order valence-corrected chi connectivity index (χ0v) is 12.1. The predicted octanol–water partition coefficient (Wildman–Crippen LogP) is 2.88. The van der Waals surface area contributed by atoms with Crippen LogP contribution < -0.4 is 5.32 Å². The average molecular weight is 272 g/mol. The van der Waals surface area contributed by atoms with E-state index in [4.69, 9.17) is 5.26 Å². The summed E-state index contributed by atoms with van der Waals surface area (Å²) in [5.74, 6) is 0. The Hall–Kier alpha value is -1.77. The molecular weight excluding hydrogens is 256 g/mol. The van der Waals surface area contributed by atoms with E-state index in [-0.39, 0.29) is 6.04 Å². The minimum absolute atomic E-state index is 0.220. The van der Waals surface area contributed by atoms with E-state index < -0.39 is 0 Å². The Morgan fingerprint density at radius 3 is 2.89 bits per heavy atom. The van der Waals surface area contributed by atoms with Gasteiger partial charge in [0.15, 0.2) is 0 Å². The molecule has 0 bridgehead atoms. The van der Waals surface area contributed by atoms with Gasteiger partial charge in [0, 0.05) is 29.2 Å². The molecule has 2 rings (SSSR count). The van der Waals surface area contributed by atoms with Crippen LogP contribution in [0.4, 0.5) is 0 Å². The summed E-state index contributed by atoms with van der Waals surface area (Å²) in [5, 5.41) is 13.5. The first-order valence-corrected chi connectivity index (χ1v) is 6.94. The molecule has 1 atom stereocenters. The van der Waals surface area contributed by atoms with Crippen LogP contribution in [0, 0.1) is 25.2 Å². The SMILES string of the molecule is Cc1nc(C)c(C(C)NCc2cccnc2C#N)s1. The normalized spacial score (nSPS) is 12.1. The number of thiazole rings is 1. The van der Waals surface area contributed by atoms with Gasteiger partial charge < -0.3 is 5.32 Å². The molecule has 98 valence electrons. The molecule has 0 fully saturated rings. The maximum absolute atomic E-state index is 9.00. The van der Waals surface area contributed by atoms with Crippen LogP contribution in [0.1, 0.15) is 39.8 Å². The summed E-state index contributed by atoms with van der Waals surface area (Å²) < 4.78 is 0. The molecule has 2 aromatic heterocycles. The number of hydrogen-bond acceptors (Lipinski definition) is 5. The summed E-state index contributed by atoms with van der Waals surface area (Å²) in [5.41, 5.74) is 2.49. The van der Waals surface area contributed by atoms with Crippen LogP contribution in [0.25, 0.3) is 0 Å². The fourth-order valence-electron chi connectivity index (χ4n) is 1.99. The van der Waals surface area contributed by atoms with Crippen molar-refractivity contribution in [3.63, 3.8) is 0 Å². The zero-order chi connectivity index (χ0) is 13.8. The summed E-state index contributed by atoms with van der Waals surface area (Å²) in [7, 11) is 0. The molecule has 0 aliphatic rings. The second kappa shape index (κ2) is 5.91. The van der Waals surface area contributed by atoms with E-state index in [0.717, 1.165) is 16.3 Å². The first-order valence-electron chi connectivity index (χ1n) is 6.13. The topological polar surface area (TPSA) is 61.6 Å². The van der Waals surface area contributed by atoms with Gasteiger partial charge in [0.2, 0.25) is 0 Å². The van der Waals surface area contributed by atoms with Crippen LogP contribution >= 0.6 is 11.3 Å². The highest BCUT2D eigenvalue weighted by atomic mass is 32.1. The first kappa shape index (κ1) is 13.7. The lowest BCUT2D eigenvalue weighted by atomic mass is 10.2. The van der Waals surface area contributed by atoms with Crippen molar-refractivity contribution in [1.82, 2.24) is 15.3 Å². The largest absolute Gasteiger partial charge is 0.305 e. The number of hydrogen-bond donors (Lipinski definition) is 1. The highest BCUT2D eigenvalue weighted by molar-refractivity contribution is 7.11. The van der Waals surface area contributed by atoms with Gasteiger partial charge in [-0.05, 0) is 26.8 Å². The Morgan fingerprint density at radius 1 is 1.47 bits per heavy atom. The lowest BCUT2D eigenvalue weighted by Gasteiger charge is -2.13. The van der Waals surface area contributed by atoms with Crippen molar-refractivity contribution in [1.29, 1.82) is 5.26 Å². The number of nitriles is 1. The van der Waals surface area contributed by atoms with Crippen molar-refractivity contribution in [3.05, 3.63) is 45.2 Å². The molecule has 1 N–H and O–H groups in total. The third-order valence-electron chi connectivity index (χ3n) is 2.93. The maximum Gasteiger partial charge on any atom is 0.144 e. The maximum atomic E-state index is 9.00. The zero-order valence-electron chi connectivity index (χ0n) is 11.3. The van der Waals surface area contributed by atoms with E-state index in [9.17, 15) is 0 Å². The Kier molecular flexibility index (Phi) is 4.25. The van der Waals surface area contributed by atoms with E-state index in [1.54, 1.807) is 17.5 Å². The molecule has 5 heteroatoms. The van der Waals surface area contributed by atoms with E-state index in [0.29, 0.717) is 12.2 Å². The molecule has 1 unspecified atom stereocenters. The van der Waals surface area contributed by atoms with Gasteiger partial charge >= 0.3 is 0 Å². The number of aromatic nitrogens is 2. The Morgan fingerprint density at radius 2 is 2.26 bits per heavy atom. The average Bonchev–Trinajstić information content (AvgIpc) is 2.75. The van der Waals surface area contributed by atoms with Crippen molar-refractivity contribution in [2.24, 2.45) is 0 Å². The molecule has 4 nitrogen and oxygen atoms in total. The Bertz CT molecular complexity index is 612. The number of nitrogens with zero attached hydrogens (tertiary/aromatic N) is 3. The minimum atomic E-state index is 0.220. The van der Waals surface area contributed by atoms with Crippen molar-refractivity contribution in [2.75, 3.05) is 0 Å². The number of pyridine rings is 1. The van der Waals surface area contributed by atoms with Crippen molar-refractivity contribution in [2.45, 2.75) is 33.4 Å². The fraction of sp³-hybridized carbons (Fsp3) is 0.357. The summed E-state index contributed by atoms with van der Waals surface area (Å²) in [4.78, 5) is 9.74. The number of aryl methyl sites for hydroxylation is 2. The molecule has 0 spiro atoms. The lowest BCUT2D eigenvalue weighted by molar-refractivity contribution is 0.578. The first-order chi connectivity index (χ1) is 9.11. The summed E-state index contributed by atoms with van der Waals surface area (Å²) in [6.45, 7) is 6.79. The third kappa shape index (κ3) is 3.16. The second-order valence-electron chi connectivity index (χ2n) is 4.41. The van der Waals surface area contributed by atoms with Crippen molar-refractivity contribution < 1.29 is 0 Å². The third-order valence-corrected chi connectivity index (χ3v) is 4.18. The monoisotopic (exact) mass is 272 g/mol. The van der Waals surface area contributed by atoms with Gasteiger partial charge in [-0.25, -0.2) is 9.97 Å². The van der Waals surface area contributed by atoms with E-state index >= 15 is 0 Å². The highest BCUT2D eigenvalue weighted by Crippen LogP contribution is 2.24. The van der Waals surface area contributed by atoms with Crippen molar-refractivity contribution >= 4 is 11.3 Å². The summed E-state index contributed by atoms with van der Waals surface area (Å²) >= 11 is 1.71. The summed E-state index contributed by atoms with van der Waals surface area (Å²) in [6.07, 6.45) is 1.64. The lowest BCUT2D eigenvalue weighted by Crippen LogP contribution is -2.18. The van der Waals surface area contributed by atoms with Crippen LogP contribution in [0.2, 0.25) is 0 Å². The molecule has 0 radical (unpaired) electrons. The molecule has 2 heterocycles. The fourth-order valence-corrected chi connectivity index (χ4v) is 2.94. The summed E-state index contributed by atoms with van der Waals surface area (Å²) in [6, 6.07) is 6.11. The molecule has 2 aromatic rings. The standard InChI is InChI=1S/C14H16N4S/c1-9(14-10(2)18-11(3)19-14)17-8-12-5-4-6-16-13(12)7-15/h4-6,9,17H,8H2,1-3H3. The van der Waals surface area contributed by atoms with E-state index in [1.165, 1.54) is 4.88 Å². The molecule has 0 saturated carbocycles. The van der Waals surface area contributed by atoms with E-state index in [2.05, 4.69) is 28.3 Å². The molecule has 0 saturated heterocycles. The number of rotatable bonds is 4. The molecule has 19 heavy (non-hydrogen) atoms. The van der Waals surface area contributed by atoms with Gasteiger partial charge in [-0.1, -0.05) is 6.07 Å². The minimum Gasteiger partial charge on any atom is -0.305 e. The van der Waals surface area contributed by atoms with Crippen LogP contribution in [0.5, 0.6) is 0 Å². The molecule has 0 aromatic carbocycles. The molecule has 0 aliphatic carbocycles. The molecule has 0 amide bonds. The van der Waals surface area contributed by atoms with E-state index in [1.807, 2.05) is 26.0 Å². The van der Waals surface area contributed by atoms with Gasteiger partial charge in [0.1, 0.15) is 11.8 Å². The Labute approximate surface area is 117 Å². The van der Waals surface area contributed by atoms with Gasteiger partial charge in [-0.15, -0.1) is 11.3 Å². The molecular formula is C14H16N4S.